The van der Waals surface area contributed by atoms with Crippen LogP contribution in [0.5, 0.6) is 0 Å². The lowest BCUT2D eigenvalue weighted by molar-refractivity contribution is -0.119. The maximum Gasteiger partial charge on any atom is 0.240 e. The van der Waals surface area contributed by atoms with E-state index in [0.717, 1.165) is 30.4 Å². The van der Waals surface area contributed by atoms with Crippen molar-refractivity contribution < 1.29 is 18.7 Å². The van der Waals surface area contributed by atoms with E-state index in [0.29, 0.717) is 37.0 Å². The average Bonchev–Trinajstić information content (AvgIpc) is 3.46. The van der Waals surface area contributed by atoms with Crippen LogP contribution in [0.25, 0.3) is 11.9 Å². The van der Waals surface area contributed by atoms with Crippen molar-refractivity contribution in [2.75, 3.05) is 54.8 Å². The van der Waals surface area contributed by atoms with Crippen LogP contribution >= 0.6 is 12.4 Å². The highest BCUT2D eigenvalue weighted by atomic mass is 35.5. The minimum Gasteiger partial charge on any atom is -0.391 e. The molecule has 14 heteroatoms. The number of aliphatic hydroxyl groups is 1. The molecule has 2 aromatic heterocycles. The number of carbonyl (C=O) groups excluding carboxylic acids is 1. The van der Waals surface area contributed by atoms with Crippen molar-refractivity contribution in [2.24, 2.45) is 5.73 Å². The van der Waals surface area contributed by atoms with E-state index in [9.17, 15) is 18.7 Å². The molecule has 0 saturated carbocycles. The summed E-state index contributed by atoms with van der Waals surface area (Å²) < 4.78 is 28.8. The zero-order valence-electron chi connectivity index (χ0n) is 22.0. The maximum absolute atomic E-state index is 13.6. The highest BCUT2D eigenvalue weighted by Gasteiger charge is 2.36. The van der Waals surface area contributed by atoms with Crippen LogP contribution in [0.15, 0.2) is 36.5 Å². The van der Waals surface area contributed by atoms with Crippen LogP contribution in [0, 0.1) is 18.6 Å². The molecule has 1 amide bonds. The van der Waals surface area contributed by atoms with E-state index in [4.69, 9.17) is 11.5 Å². The molecule has 1 aromatic carbocycles. The number of aromatic nitrogens is 4. The number of nitrogens with two attached hydrogens (primary N) is 2. The Bertz CT molecular complexity index is 1370. The molecule has 0 aliphatic carbocycles. The van der Waals surface area contributed by atoms with Crippen molar-refractivity contribution in [1.82, 2.24) is 24.6 Å². The van der Waals surface area contributed by atoms with E-state index >= 15 is 0 Å². The Hall–Kier alpha value is -3.81. The minimum atomic E-state index is -0.697. The van der Waals surface area contributed by atoms with E-state index in [-0.39, 0.29) is 31.3 Å². The normalized spacial score (nSPS) is 19.8. The van der Waals surface area contributed by atoms with Gasteiger partial charge in [0.15, 0.2) is 5.82 Å². The number of primary amides is 1. The summed E-state index contributed by atoms with van der Waals surface area (Å²) >= 11 is 0. The number of piperazine rings is 1. The molecule has 2 saturated heterocycles. The van der Waals surface area contributed by atoms with Crippen LogP contribution in [-0.2, 0) is 4.79 Å². The number of hydrogen-bond acceptors (Lipinski definition) is 9. The quantitative estimate of drug-likeness (QED) is 0.382. The van der Waals surface area contributed by atoms with Crippen molar-refractivity contribution >= 4 is 41.8 Å². The summed E-state index contributed by atoms with van der Waals surface area (Å²) in [6.07, 6.45) is 5.29. The zero-order valence-corrected chi connectivity index (χ0v) is 22.8. The van der Waals surface area contributed by atoms with Gasteiger partial charge in [0.2, 0.25) is 11.9 Å². The first-order valence-electron chi connectivity index (χ1n) is 12.7. The molecular formula is C26H32ClF2N9O2. The second-order valence-electron chi connectivity index (χ2n) is 9.82. The number of halogens is 3. The van der Waals surface area contributed by atoms with E-state index in [2.05, 4.69) is 26.0 Å². The number of β-amino-alcohol motifs (C(OH)–C–C–N with tert-alkyl or cyclic N) is 1. The predicted molar refractivity (Wildman–Crippen MR) is 151 cm³/mol. The molecule has 2 fully saturated rings. The Morgan fingerprint density at radius 2 is 1.77 bits per heavy atom. The molecule has 40 heavy (non-hydrogen) atoms. The number of anilines is 3. The van der Waals surface area contributed by atoms with Gasteiger partial charge in [-0.1, -0.05) is 12.2 Å². The Labute approximate surface area is 236 Å². The predicted octanol–water partition coefficient (Wildman–Crippen LogP) is 1.51. The lowest BCUT2D eigenvalue weighted by Crippen LogP contribution is -2.46. The van der Waals surface area contributed by atoms with E-state index in [1.807, 2.05) is 17.9 Å². The van der Waals surface area contributed by atoms with Gasteiger partial charge in [0, 0.05) is 69.1 Å². The number of carbonyl (C=O) groups is 1. The average molecular weight is 576 g/mol. The Kier molecular flexibility index (Phi) is 8.86. The third kappa shape index (κ3) is 6.32. The second kappa shape index (κ2) is 12.1. The SMILES string of the molecule is Cc1c(/C=C/CN2CCN(c3cc(F)cc(F)c3)CC2)cnn1-c1cc(N2C[C@@H](O)C[C@H]2C(N)=O)nc(N)n1.Cl. The highest BCUT2D eigenvalue weighted by molar-refractivity contribution is 5.85. The fourth-order valence-electron chi connectivity index (χ4n) is 5.09. The summed E-state index contributed by atoms with van der Waals surface area (Å²) in [4.78, 5) is 26.3. The monoisotopic (exact) mass is 575 g/mol. The number of benzene rings is 1. The second-order valence-corrected chi connectivity index (χ2v) is 9.82. The highest BCUT2D eigenvalue weighted by Crippen LogP contribution is 2.27. The molecule has 5 rings (SSSR count). The van der Waals surface area contributed by atoms with Gasteiger partial charge in [-0.3, -0.25) is 9.69 Å². The molecule has 0 unspecified atom stereocenters. The lowest BCUT2D eigenvalue weighted by atomic mass is 10.2. The maximum atomic E-state index is 13.6. The van der Waals surface area contributed by atoms with Gasteiger partial charge in [-0.2, -0.15) is 15.1 Å². The molecule has 11 nitrogen and oxygen atoms in total. The molecule has 214 valence electrons. The zero-order chi connectivity index (χ0) is 27.7. The fourth-order valence-corrected chi connectivity index (χ4v) is 5.09. The van der Waals surface area contributed by atoms with Gasteiger partial charge in [0.05, 0.1) is 18.0 Å². The fraction of sp³-hybridized carbons (Fsp3) is 0.385. The van der Waals surface area contributed by atoms with Crippen LogP contribution in [0.1, 0.15) is 17.7 Å². The van der Waals surface area contributed by atoms with Crippen molar-refractivity contribution in [3.05, 3.63) is 59.4 Å². The Morgan fingerprint density at radius 1 is 1.10 bits per heavy atom. The van der Waals surface area contributed by atoms with Gasteiger partial charge in [-0.15, -0.1) is 12.4 Å². The Balaban J connectivity index is 0.00000370. The molecule has 5 N–H and O–H groups in total. The molecule has 3 aromatic rings. The summed E-state index contributed by atoms with van der Waals surface area (Å²) in [6, 6.07) is 4.58. The number of nitrogens with zero attached hydrogens (tertiary/aromatic N) is 7. The third-order valence-electron chi connectivity index (χ3n) is 7.13. The van der Waals surface area contributed by atoms with Gasteiger partial charge in [-0.05, 0) is 19.1 Å². The van der Waals surface area contributed by atoms with Crippen LogP contribution in [0.2, 0.25) is 0 Å². The number of hydrogen-bond donors (Lipinski definition) is 3. The van der Waals surface area contributed by atoms with E-state index < -0.39 is 29.7 Å². The van der Waals surface area contributed by atoms with E-state index in [1.165, 1.54) is 12.1 Å². The summed E-state index contributed by atoms with van der Waals surface area (Å²) in [5.41, 5.74) is 13.8. The third-order valence-corrected chi connectivity index (χ3v) is 7.13. The number of nitrogen functional groups attached to an aromatic ring is 1. The summed E-state index contributed by atoms with van der Waals surface area (Å²) in [7, 11) is 0. The van der Waals surface area contributed by atoms with Crippen molar-refractivity contribution in [3.8, 4) is 5.82 Å². The Morgan fingerprint density at radius 3 is 2.45 bits per heavy atom. The first-order valence-corrected chi connectivity index (χ1v) is 12.7. The molecule has 2 atom stereocenters. The standard InChI is InChI=1S/C26H31F2N9O2.ClH/c1-16-17(3-2-4-34-5-7-35(8-6-34)20-10-18(27)9-19(28)11-20)14-31-37(16)24-13-23(32-26(30)33-24)36-15-21(38)12-22(36)25(29)39;/h2-3,9-11,13-14,21-22,38H,4-8,12,15H2,1H3,(H2,29,39)(H2,30,32,33);1H/b3-2+;/t21-,22-;/m0./s1. The van der Waals surface area contributed by atoms with Gasteiger partial charge in [-0.25, -0.2) is 13.5 Å². The van der Waals surface area contributed by atoms with Crippen LogP contribution < -0.4 is 21.3 Å². The summed E-state index contributed by atoms with van der Waals surface area (Å²) in [5.74, 6) is -0.848. The van der Waals surface area contributed by atoms with Crippen molar-refractivity contribution in [1.29, 1.82) is 0 Å². The van der Waals surface area contributed by atoms with Gasteiger partial charge in [0.25, 0.3) is 0 Å². The molecule has 0 spiro atoms. The smallest absolute Gasteiger partial charge is 0.240 e. The molecule has 0 bridgehead atoms. The van der Waals surface area contributed by atoms with Crippen LogP contribution in [0.4, 0.5) is 26.2 Å². The summed E-state index contributed by atoms with van der Waals surface area (Å²) in [6.45, 7) is 5.72. The largest absolute Gasteiger partial charge is 0.391 e. The summed E-state index contributed by atoms with van der Waals surface area (Å²) in [5, 5.41) is 14.5. The lowest BCUT2D eigenvalue weighted by Gasteiger charge is -2.35. The van der Waals surface area contributed by atoms with Crippen LogP contribution in [-0.4, -0.2) is 87.1 Å². The topological polar surface area (TPSA) is 143 Å². The van der Waals surface area contributed by atoms with Gasteiger partial charge >= 0.3 is 0 Å². The van der Waals surface area contributed by atoms with Gasteiger partial charge in [0.1, 0.15) is 23.5 Å². The molecular weight excluding hydrogens is 544 g/mol. The molecule has 0 radical (unpaired) electrons. The first-order chi connectivity index (χ1) is 18.7. The molecule has 2 aliphatic rings. The number of amides is 1. The number of aliphatic hydroxyl groups excluding tert-OH is 1. The van der Waals surface area contributed by atoms with Crippen LogP contribution in [0.3, 0.4) is 0 Å². The van der Waals surface area contributed by atoms with Gasteiger partial charge < -0.3 is 26.4 Å². The van der Waals surface area contributed by atoms with E-state index in [1.54, 1.807) is 21.8 Å². The van der Waals surface area contributed by atoms with Crippen molar-refractivity contribution in [2.45, 2.75) is 25.5 Å². The molecule has 2 aliphatic heterocycles. The number of rotatable bonds is 7. The minimum absolute atomic E-state index is 0. The van der Waals surface area contributed by atoms with Crippen molar-refractivity contribution in [3.63, 3.8) is 0 Å². The molecule has 4 heterocycles. The first kappa shape index (κ1) is 29.2.